The fraction of sp³-hybridized carbons (Fsp3) is 0.438. The van der Waals surface area contributed by atoms with E-state index >= 15 is 0 Å². The van der Waals surface area contributed by atoms with Crippen LogP contribution in [0.3, 0.4) is 0 Å². The molecule has 0 amide bonds. The Morgan fingerprint density at radius 1 is 1.38 bits per heavy atom. The highest BCUT2D eigenvalue weighted by molar-refractivity contribution is 6.30. The first-order valence-corrected chi connectivity index (χ1v) is 7.65. The first-order valence-electron chi connectivity index (χ1n) is 7.27. The largest absolute Gasteiger partial charge is 0.311 e. The molecule has 0 spiro atoms. The molecular formula is C16H21ClFN3. The number of hydrogen-bond donors (Lipinski definition) is 1. The van der Waals surface area contributed by atoms with E-state index in [-0.39, 0.29) is 16.9 Å². The summed E-state index contributed by atoms with van der Waals surface area (Å²) in [6.45, 7) is 4.94. The SMILES string of the molecule is CCc1cc(C(Cc2cccc(Cl)c2F)NC)n(CC)n1. The molecule has 2 rings (SSSR count). The van der Waals surface area contributed by atoms with Gasteiger partial charge in [0.05, 0.1) is 22.5 Å². The molecule has 0 saturated heterocycles. The van der Waals surface area contributed by atoms with Gasteiger partial charge in [-0.1, -0.05) is 30.7 Å². The molecule has 0 radical (unpaired) electrons. The third-order valence-electron chi connectivity index (χ3n) is 3.68. The number of benzene rings is 1. The molecule has 5 heteroatoms. The summed E-state index contributed by atoms with van der Waals surface area (Å²) in [5.74, 6) is -0.335. The molecule has 0 saturated carbocycles. The van der Waals surface area contributed by atoms with Crippen LogP contribution in [0.2, 0.25) is 5.02 Å². The molecule has 1 heterocycles. The van der Waals surface area contributed by atoms with Crippen LogP contribution in [0.15, 0.2) is 24.3 Å². The number of hydrogen-bond acceptors (Lipinski definition) is 2. The standard InChI is InChI=1S/C16H21ClFN3/c1-4-12-10-15(21(5-2)20-12)14(19-3)9-11-7-6-8-13(17)16(11)18/h6-8,10,14,19H,4-5,9H2,1-3H3. The van der Waals surface area contributed by atoms with Crippen LogP contribution >= 0.6 is 11.6 Å². The molecular weight excluding hydrogens is 289 g/mol. The highest BCUT2D eigenvalue weighted by Gasteiger charge is 2.18. The second kappa shape index (κ2) is 7.05. The Kier molecular flexibility index (Phi) is 5.37. The summed E-state index contributed by atoms with van der Waals surface area (Å²) in [5.41, 5.74) is 2.75. The second-order valence-corrected chi connectivity index (χ2v) is 5.40. The van der Waals surface area contributed by atoms with Gasteiger partial charge in [-0.15, -0.1) is 0 Å². The van der Waals surface area contributed by atoms with Gasteiger partial charge in [-0.3, -0.25) is 4.68 Å². The Bertz CT molecular complexity index is 610. The summed E-state index contributed by atoms with van der Waals surface area (Å²) in [7, 11) is 1.88. The zero-order valence-electron chi connectivity index (χ0n) is 12.7. The van der Waals surface area contributed by atoms with Crippen molar-refractivity contribution in [3.05, 3.63) is 52.1 Å². The number of halogens is 2. The van der Waals surface area contributed by atoms with E-state index in [1.807, 2.05) is 11.7 Å². The van der Waals surface area contributed by atoms with Crippen LogP contribution in [0.25, 0.3) is 0 Å². The lowest BCUT2D eigenvalue weighted by Crippen LogP contribution is -2.22. The lowest BCUT2D eigenvalue weighted by Gasteiger charge is -2.18. The van der Waals surface area contributed by atoms with Crippen molar-refractivity contribution in [1.29, 1.82) is 0 Å². The van der Waals surface area contributed by atoms with E-state index in [0.717, 1.165) is 24.4 Å². The van der Waals surface area contributed by atoms with Gasteiger partial charge in [0, 0.05) is 6.54 Å². The van der Waals surface area contributed by atoms with Gasteiger partial charge in [0.15, 0.2) is 0 Å². The first kappa shape index (κ1) is 16.0. The molecule has 0 aliphatic heterocycles. The van der Waals surface area contributed by atoms with Gasteiger partial charge in [0.1, 0.15) is 5.82 Å². The third-order valence-corrected chi connectivity index (χ3v) is 3.98. The van der Waals surface area contributed by atoms with Crippen LogP contribution in [-0.2, 0) is 19.4 Å². The van der Waals surface area contributed by atoms with Gasteiger partial charge >= 0.3 is 0 Å². The molecule has 1 atom stereocenters. The summed E-state index contributed by atoms with van der Waals surface area (Å²) >= 11 is 5.86. The van der Waals surface area contributed by atoms with Crippen LogP contribution in [0.1, 0.15) is 36.8 Å². The molecule has 0 aliphatic rings. The van der Waals surface area contributed by atoms with Gasteiger partial charge in [0.25, 0.3) is 0 Å². The summed E-state index contributed by atoms with van der Waals surface area (Å²) in [6, 6.07) is 7.22. The highest BCUT2D eigenvalue weighted by Crippen LogP contribution is 2.24. The molecule has 3 nitrogen and oxygen atoms in total. The fourth-order valence-electron chi connectivity index (χ4n) is 2.47. The minimum atomic E-state index is -0.335. The number of aryl methyl sites for hydroxylation is 2. The minimum absolute atomic E-state index is 0.00529. The van der Waals surface area contributed by atoms with Crippen molar-refractivity contribution in [3.63, 3.8) is 0 Å². The van der Waals surface area contributed by atoms with Gasteiger partial charge in [-0.05, 0) is 44.5 Å². The number of nitrogens with one attached hydrogen (secondary N) is 1. The molecule has 114 valence electrons. The average molecular weight is 310 g/mol. The first-order chi connectivity index (χ1) is 10.1. The molecule has 0 aliphatic carbocycles. The number of likely N-dealkylation sites (N-methyl/N-ethyl adjacent to an activating group) is 1. The summed E-state index contributed by atoms with van der Waals surface area (Å²) < 4.78 is 16.1. The molecule has 0 bridgehead atoms. The molecule has 0 fully saturated rings. The Labute approximate surface area is 130 Å². The molecule has 1 unspecified atom stereocenters. The van der Waals surface area contributed by atoms with Gasteiger partial charge in [0.2, 0.25) is 0 Å². The predicted octanol–water partition coefficient (Wildman–Crippen LogP) is 3.76. The lowest BCUT2D eigenvalue weighted by molar-refractivity contribution is 0.501. The van der Waals surface area contributed by atoms with Crippen molar-refractivity contribution >= 4 is 11.6 Å². The fourth-order valence-corrected chi connectivity index (χ4v) is 2.67. The van der Waals surface area contributed by atoms with E-state index in [9.17, 15) is 4.39 Å². The number of aromatic nitrogens is 2. The Morgan fingerprint density at radius 3 is 2.76 bits per heavy atom. The zero-order valence-corrected chi connectivity index (χ0v) is 13.4. The Balaban J connectivity index is 2.31. The van der Waals surface area contributed by atoms with Crippen molar-refractivity contribution in [2.45, 2.75) is 39.3 Å². The van der Waals surface area contributed by atoms with Gasteiger partial charge in [-0.2, -0.15) is 5.10 Å². The maximum absolute atomic E-state index is 14.1. The monoisotopic (exact) mass is 309 g/mol. The van der Waals surface area contributed by atoms with E-state index in [1.54, 1.807) is 18.2 Å². The van der Waals surface area contributed by atoms with Crippen molar-refractivity contribution in [2.75, 3.05) is 7.05 Å². The smallest absolute Gasteiger partial charge is 0.145 e. The normalized spacial score (nSPS) is 12.6. The average Bonchev–Trinajstić information content (AvgIpc) is 2.92. The molecule has 2 aromatic rings. The maximum Gasteiger partial charge on any atom is 0.145 e. The minimum Gasteiger partial charge on any atom is -0.311 e. The zero-order chi connectivity index (χ0) is 15.4. The summed E-state index contributed by atoms with van der Waals surface area (Å²) in [5, 5.41) is 7.98. The lowest BCUT2D eigenvalue weighted by atomic mass is 10.0. The van der Waals surface area contributed by atoms with Crippen LogP contribution in [0.5, 0.6) is 0 Å². The van der Waals surface area contributed by atoms with E-state index in [0.29, 0.717) is 12.0 Å². The summed E-state index contributed by atoms with van der Waals surface area (Å²) in [4.78, 5) is 0. The van der Waals surface area contributed by atoms with Crippen LogP contribution in [0, 0.1) is 5.82 Å². The topological polar surface area (TPSA) is 29.9 Å². The van der Waals surface area contributed by atoms with Gasteiger partial charge in [-0.25, -0.2) is 4.39 Å². The molecule has 1 N–H and O–H groups in total. The summed E-state index contributed by atoms with van der Waals surface area (Å²) in [6.07, 6.45) is 1.43. The van der Waals surface area contributed by atoms with Crippen LogP contribution in [0.4, 0.5) is 4.39 Å². The highest BCUT2D eigenvalue weighted by atomic mass is 35.5. The second-order valence-electron chi connectivity index (χ2n) is 4.99. The van der Waals surface area contributed by atoms with Crippen molar-refractivity contribution < 1.29 is 4.39 Å². The Morgan fingerprint density at radius 2 is 2.14 bits per heavy atom. The van der Waals surface area contributed by atoms with Crippen LogP contribution < -0.4 is 5.32 Å². The predicted molar refractivity (Wildman–Crippen MR) is 84.2 cm³/mol. The van der Waals surface area contributed by atoms with Crippen molar-refractivity contribution in [1.82, 2.24) is 15.1 Å². The van der Waals surface area contributed by atoms with Crippen LogP contribution in [-0.4, -0.2) is 16.8 Å². The van der Waals surface area contributed by atoms with Crippen molar-refractivity contribution in [2.24, 2.45) is 0 Å². The maximum atomic E-state index is 14.1. The molecule has 1 aromatic heterocycles. The van der Waals surface area contributed by atoms with E-state index in [1.165, 1.54) is 0 Å². The Hall–Kier alpha value is -1.39. The van der Waals surface area contributed by atoms with E-state index in [2.05, 4.69) is 30.3 Å². The van der Waals surface area contributed by atoms with E-state index < -0.39 is 0 Å². The van der Waals surface area contributed by atoms with Gasteiger partial charge < -0.3 is 5.32 Å². The molecule has 21 heavy (non-hydrogen) atoms. The number of nitrogens with zero attached hydrogens (tertiary/aromatic N) is 2. The third kappa shape index (κ3) is 3.44. The van der Waals surface area contributed by atoms with Crippen molar-refractivity contribution in [3.8, 4) is 0 Å². The number of rotatable bonds is 6. The van der Waals surface area contributed by atoms with E-state index in [4.69, 9.17) is 11.6 Å². The quantitative estimate of drug-likeness (QED) is 0.880. The molecule has 1 aromatic carbocycles.